The fraction of sp³-hybridized carbons (Fsp3) is 0.100. The molecule has 1 aromatic carbocycles. The molecule has 0 unspecified atom stereocenters. The molecule has 1 amide bonds. The van der Waals surface area contributed by atoms with Crippen molar-refractivity contribution in [3.63, 3.8) is 0 Å². The summed E-state index contributed by atoms with van der Waals surface area (Å²) in [7, 11) is 0. The van der Waals surface area contributed by atoms with Crippen molar-refractivity contribution in [2.45, 2.75) is 0 Å². The van der Waals surface area contributed by atoms with Crippen molar-refractivity contribution in [1.82, 2.24) is 5.32 Å². The lowest BCUT2D eigenvalue weighted by Crippen LogP contribution is -2.26. The molecule has 1 heterocycles. The van der Waals surface area contributed by atoms with Crippen LogP contribution in [-0.4, -0.2) is 11.7 Å². The molecule has 3 nitrogen and oxygen atoms in total. The Labute approximate surface area is 86.4 Å². The van der Waals surface area contributed by atoms with Crippen LogP contribution in [0.5, 0.6) is 0 Å². The summed E-state index contributed by atoms with van der Waals surface area (Å²) in [5.41, 5.74) is 8.14. The van der Waals surface area contributed by atoms with Crippen LogP contribution in [0.3, 0.4) is 0 Å². The Morgan fingerprint density at radius 1 is 1.29 bits per heavy atom. The molecule has 14 heavy (non-hydrogen) atoms. The van der Waals surface area contributed by atoms with Gasteiger partial charge >= 0.3 is 0 Å². The van der Waals surface area contributed by atoms with Gasteiger partial charge in [-0.15, -0.1) is 11.8 Å². The lowest BCUT2D eigenvalue weighted by molar-refractivity contribution is -0.117. The molecule has 0 aromatic heterocycles. The molecule has 1 aliphatic rings. The standard InChI is InChI=1S/C10H10N2OS/c11-8-3-1-7(2-4-8)9-5-14-6-10(13)12-9/h1-5H,6,11H2,(H,12,13). The van der Waals surface area contributed by atoms with Crippen molar-refractivity contribution in [2.24, 2.45) is 0 Å². The van der Waals surface area contributed by atoms with Gasteiger partial charge in [-0.25, -0.2) is 0 Å². The molecule has 0 spiro atoms. The van der Waals surface area contributed by atoms with E-state index in [1.807, 2.05) is 29.7 Å². The third-order valence-corrected chi connectivity index (χ3v) is 2.74. The molecular formula is C10H10N2OS. The van der Waals surface area contributed by atoms with Crippen molar-refractivity contribution in [1.29, 1.82) is 0 Å². The molecule has 0 bridgehead atoms. The fourth-order valence-electron chi connectivity index (χ4n) is 1.22. The number of nitrogens with one attached hydrogen (secondary N) is 1. The van der Waals surface area contributed by atoms with Gasteiger partial charge in [0.15, 0.2) is 0 Å². The number of anilines is 1. The van der Waals surface area contributed by atoms with E-state index in [2.05, 4.69) is 5.32 Å². The molecule has 3 N–H and O–H groups in total. The maximum absolute atomic E-state index is 11.1. The van der Waals surface area contributed by atoms with Gasteiger partial charge in [-0.3, -0.25) is 4.79 Å². The number of nitrogens with two attached hydrogens (primary N) is 1. The van der Waals surface area contributed by atoms with Gasteiger partial charge in [0, 0.05) is 5.69 Å². The van der Waals surface area contributed by atoms with Gasteiger partial charge in [0.1, 0.15) is 0 Å². The number of amides is 1. The van der Waals surface area contributed by atoms with Crippen LogP contribution in [0.25, 0.3) is 5.70 Å². The minimum absolute atomic E-state index is 0.0457. The van der Waals surface area contributed by atoms with Crippen molar-refractivity contribution >= 4 is 29.1 Å². The molecule has 0 atom stereocenters. The Hall–Kier alpha value is -1.42. The first-order chi connectivity index (χ1) is 6.75. The van der Waals surface area contributed by atoms with E-state index in [0.717, 1.165) is 16.9 Å². The highest BCUT2D eigenvalue weighted by Crippen LogP contribution is 2.20. The van der Waals surface area contributed by atoms with E-state index in [9.17, 15) is 4.79 Å². The number of thioether (sulfide) groups is 1. The summed E-state index contributed by atoms with van der Waals surface area (Å²) in [6.07, 6.45) is 0. The Morgan fingerprint density at radius 2 is 2.00 bits per heavy atom. The fourth-order valence-corrected chi connectivity index (χ4v) is 1.89. The van der Waals surface area contributed by atoms with E-state index in [-0.39, 0.29) is 5.91 Å². The molecule has 72 valence electrons. The molecule has 1 aromatic rings. The summed E-state index contributed by atoms with van der Waals surface area (Å²) in [6.45, 7) is 0. The minimum atomic E-state index is 0.0457. The lowest BCUT2D eigenvalue weighted by Gasteiger charge is -2.13. The van der Waals surface area contributed by atoms with Crippen LogP contribution in [0.1, 0.15) is 5.56 Å². The largest absolute Gasteiger partial charge is 0.399 e. The highest BCUT2D eigenvalue weighted by atomic mass is 32.2. The third-order valence-electron chi connectivity index (χ3n) is 1.91. The average Bonchev–Trinajstić information content (AvgIpc) is 2.19. The van der Waals surface area contributed by atoms with Gasteiger partial charge in [-0.1, -0.05) is 12.1 Å². The van der Waals surface area contributed by atoms with E-state index < -0.39 is 0 Å². The van der Waals surface area contributed by atoms with E-state index >= 15 is 0 Å². The molecule has 2 rings (SSSR count). The zero-order chi connectivity index (χ0) is 9.97. The SMILES string of the molecule is Nc1ccc(C2=CSCC(=O)N2)cc1. The lowest BCUT2D eigenvalue weighted by atomic mass is 10.1. The van der Waals surface area contributed by atoms with Crippen LogP contribution in [0.2, 0.25) is 0 Å². The quantitative estimate of drug-likeness (QED) is 0.683. The van der Waals surface area contributed by atoms with Gasteiger partial charge in [-0.2, -0.15) is 0 Å². The predicted octanol–water partition coefficient (Wildman–Crippen LogP) is 1.43. The zero-order valence-corrected chi connectivity index (χ0v) is 8.30. The smallest absolute Gasteiger partial charge is 0.234 e. The summed E-state index contributed by atoms with van der Waals surface area (Å²) in [5, 5.41) is 4.76. The van der Waals surface area contributed by atoms with Gasteiger partial charge < -0.3 is 11.1 Å². The number of rotatable bonds is 1. The summed E-state index contributed by atoms with van der Waals surface area (Å²) in [4.78, 5) is 11.1. The topological polar surface area (TPSA) is 55.1 Å². The summed E-state index contributed by atoms with van der Waals surface area (Å²) in [6, 6.07) is 7.43. The number of carbonyl (C=O) groups is 1. The maximum atomic E-state index is 11.1. The van der Waals surface area contributed by atoms with Gasteiger partial charge in [0.05, 0.1) is 11.4 Å². The first kappa shape index (κ1) is 9.15. The molecule has 4 heteroatoms. The van der Waals surface area contributed by atoms with Crippen LogP contribution in [-0.2, 0) is 4.79 Å². The van der Waals surface area contributed by atoms with Gasteiger partial charge in [-0.05, 0) is 23.1 Å². The van der Waals surface area contributed by atoms with Crippen LogP contribution in [0.4, 0.5) is 5.69 Å². The monoisotopic (exact) mass is 206 g/mol. The summed E-state index contributed by atoms with van der Waals surface area (Å²) in [5.74, 6) is 0.544. The predicted molar refractivity (Wildman–Crippen MR) is 59.4 cm³/mol. The highest BCUT2D eigenvalue weighted by Gasteiger charge is 2.11. The van der Waals surface area contributed by atoms with E-state index in [1.54, 1.807) is 0 Å². The summed E-state index contributed by atoms with van der Waals surface area (Å²) >= 11 is 1.50. The van der Waals surface area contributed by atoms with Gasteiger partial charge in [0.2, 0.25) is 5.91 Å². The molecule has 0 radical (unpaired) electrons. The number of nitrogen functional groups attached to an aromatic ring is 1. The average molecular weight is 206 g/mol. The molecule has 0 saturated heterocycles. The Bertz CT molecular complexity index is 384. The van der Waals surface area contributed by atoms with Crippen molar-refractivity contribution in [3.05, 3.63) is 35.2 Å². The second-order valence-corrected chi connectivity index (χ2v) is 3.87. The number of benzene rings is 1. The Balaban J connectivity index is 2.26. The Kier molecular flexibility index (Phi) is 2.45. The normalized spacial score (nSPS) is 16.0. The number of hydrogen-bond acceptors (Lipinski definition) is 3. The van der Waals surface area contributed by atoms with Gasteiger partial charge in [0.25, 0.3) is 0 Å². The molecule has 1 aliphatic heterocycles. The number of carbonyl (C=O) groups excluding carboxylic acids is 1. The van der Waals surface area contributed by atoms with E-state index in [4.69, 9.17) is 5.73 Å². The van der Waals surface area contributed by atoms with Crippen LogP contribution >= 0.6 is 11.8 Å². The molecular weight excluding hydrogens is 196 g/mol. The summed E-state index contributed by atoms with van der Waals surface area (Å²) < 4.78 is 0. The van der Waals surface area contributed by atoms with Crippen LogP contribution in [0.15, 0.2) is 29.7 Å². The minimum Gasteiger partial charge on any atom is -0.399 e. The number of hydrogen-bond donors (Lipinski definition) is 2. The third kappa shape index (κ3) is 1.90. The molecule has 0 fully saturated rings. The first-order valence-corrected chi connectivity index (χ1v) is 5.28. The second-order valence-electron chi connectivity index (χ2n) is 3.01. The second kappa shape index (κ2) is 3.75. The van der Waals surface area contributed by atoms with Crippen molar-refractivity contribution in [2.75, 3.05) is 11.5 Å². The van der Waals surface area contributed by atoms with Crippen LogP contribution in [0, 0.1) is 0 Å². The maximum Gasteiger partial charge on any atom is 0.234 e. The molecule has 0 saturated carbocycles. The first-order valence-electron chi connectivity index (χ1n) is 4.23. The zero-order valence-electron chi connectivity index (χ0n) is 7.49. The van der Waals surface area contributed by atoms with Crippen molar-refractivity contribution in [3.8, 4) is 0 Å². The van der Waals surface area contributed by atoms with E-state index in [0.29, 0.717) is 5.75 Å². The van der Waals surface area contributed by atoms with Crippen molar-refractivity contribution < 1.29 is 4.79 Å². The van der Waals surface area contributed by atoms with E-state index in [1.165, 1.54) is 11.8 Å². The van der Waals surface area contributed by atoms with Crippen LogP contribution < -0.4 is 11.1 Å². The Morgan fingerprint density at radius 3 is 2.64 bits per heavy atom. The molecule has 0 aliphatic carbocycles. The highest BCUT2D eigenvalue weighted by molar-refractivity contribution is 8.03.